The molecule has 1 amide bonds. The third kappa shape index (κ3) is 2.22. The van der Waals surface area contributed by atoms with Gasteiger partial charge in [-0.2, -0.15) is 0 Å². The van der Waals surface area contributed by atoms with Crippen LogP contribution in [0.15, 0.2) is 29.6 Å². The molecule has 0 saturated carbocycles. The molecule has 5 heteroatoms. The van der Waals surface area contributed by atoms with Crippen LogP contribution in [0.1, 0.15) is 21.7 Å². The molecule has 2 N–H and O–H groups in total. The van der Waals surface area contributed by atoms with E-state index in [9.17, 15) is 4.79 Å². The van der Waals surface area contributed by atoms with Gasteiger partial charge in [0.2, 0.25) is 0 Å². The van der Waals surface area contributed by atoms with Gasteiger partial charge in [0.1, 0.15) is 4.88 Å². The van der Waals surface area contributed by atoms with Crippen molar-refractivity contribution in [1.82, 2.24) is 0 Å². The number of hydrogen-bond donors (Lipinski definition) is 1. The summed E-state index contributed by atoms with van der Waals surface area (Å²) in [5.41, 5.74) is 8.62. The number of carbonyl (C=O) groups excluding carboxylic acids is 1. The fourth-order valence-electron chi connectivity index (χ4n) is 2.40. The van der Waals surface area contributed by atoms with Gasteiger partial charge in [-0.3, -0.25) is 4.79 Å². The van der Waals surface area contributed by atoms with Crippen molar-refractivity contribution in [3.05, 3.63) is 45.1 Å². The van der Waals surface area contributed by atoms with Crippen LogP contribution in [0.5, 0.6) is 0 Å². The molecule has 3 nitrogen and oxygen atoms in total. The topological polar surface area (TPSA) is 46.3 Å². The number of anilines is 2. The molecule has 1 aliphatic heterocycles. The maximum Gasteiger partial charge on any atom is 0.269 e. The van der Waals surface area contributed by atoms with Crippen LogP contribution < -0.4 is 10.6 Å². The summed E-state index contributed by atoms with van der Waals surface area (Å²) >= 11 is 7.43. The summed E-state index contributed by atoms with van der Waals surface area (Å²) in [4.78, 5) is 15.0. The fraction of sp³-hybridized carbons (Fsp3) is 0.214. The van der Waals surface area contributed by atoms with E-state index in [1.807, 2.05) is 23.6 Å². The normalized spacial score (nSPS) is 14.3. The van der Waals surface area contributed by atoms with Gasteiger partial charge in [-0.15, -0.1) is 11.3 Å². The molecule has 0 atom stereocenters. The average molecular weight is 293 g/mol. The number of aryl methyl sites for hydroxylation is 1. The summed E-state index contributed by atoms with van der Waals surface area (Å²) in [6.45, 7) is 0.726. The van der Waals surface area contributed by atoms with E-state index in [4.69, 9.17) is 17.3 Å². The molecular formula is C14H13ClN2OS. The van der Waals surface area contributed by atoms with E-state index < -0.39 is 0 Å². The smallest absolute Gasteiger partial charge is 0.269 e. The standard InChI is InChI=1S/C14H13ClN2OS/c15-11-5-7-19-13(11)14(18)17-6-1-2-9-8-10(16)3-4-12(9)17/h3-5,7-8H,1-2,6,16H2. The van der Waals surface area contributed by atoms with Crippen molar-refractivity contribution in [3.8, 4) is 0 Å². The highest BCUT2D eigenvalue weighted by molar-refractivity contribution is 7.12. The number of thiophene rings is 1. The molecule has 19 heavy (non-hydrogen) atoms. The summed E-state index contributed by atoms with van der Waals surface area (Å²) in [5, 5.41) is 2.36. The van der Waals surface area contributed by atoms with Gasteiger partial charge in [0, 0.05) is 17.9 Å². The van der Waals surface area contributed by atoms with Crippen LogP contribution in [0.4, 0.5) is 11.4 Å². The van der Waals surface area contributed by atoms with Crippen LogP contribution in [0.2, 0.25) is 5.02 Å². The quantitative estimate of drug-likeness (QED) is 0.817. The van der Waals surface area contributed by atoms with E-state index in [-0.39, 0.29) is 5.91 Å². The van der Waals surface area contributed by atoms with Crippen molar-refractivity contribution in [2.75, 3.05) is 17.2 Å². The van der Waals surface area contributed by atoms with Crippen molar-refractivity contribution in [2.45, 2.75) is 12.8 Å². The highest BCUT2D eigenvalue weighted by atomic mass is 35.5. The van der Waals surface area contributed by atoms with Gasteiger partial charge in [0.15, 0.2) is 0 Å². The van der Waals surface area contributed by atoms with Crippen molar-refractivity contribution >= 4 is 40.2 Å². The zero-order chi connectivity index (χ0) is 13.4. The summed E-state index contributed by atoms with van der Waals surface area (Å²) in [7, 11) is 0. The summed E-state index contributed by atoms with van der Waals surface area (Å²) in [5.74, 6) is -0.0225. The number of amides is 1. The number of hydrogen-bond acceptors (Lipinski definition) is 3. The largest absolute Gasteiger partial charge is 0.399 e. The first-order valence-electron chi connectivity index (χ1n) is 6.10. The SMILES string of the molecule is Nc1ccc2c(c1)CCCN2C(=O)c1sccc1Cl. The second-order valence-corrected chi connectivity index (χ2v) is 5.87. The number of fused-ring (bicyclic) bond motifs is 1. The van der Waals surface area contributed by atoms with Gasteiger partial charge in [-0.25, -0.2) is 0 Å². The number of benzene rings is 1. The Morgan fingerprint density at radius 3 is 2.95 bits per heavy atom. The maximum atomic E-state index is 12.5. The Morgan fingerprint density at radius 2 is 2.21 bits per heavy atom. The molecule has 0 radical (unpaired) electrons. The monoisotopic (exact) mass is 292 g/mol. The van der Waals surface area contributed by atoms with Gasteiger partial charge in [0.05, 0.1) is 5.02 Å². The van der Waals surface area contributed by atoms with Crippen molar-refractivity contribution in [3.63, 3.8) is 0 Å². The number of rotatable bonds is 1. The molecule has 1 aliphatic rings. The number of carbonyl (C=O) groups is 1. The number of halogens is 1. The molecule has 1 aromatic heterocycles. The first-order chi connectivity index (χ1) is 9.16. The van der Waals surface area contributed by atoms with Crippen LogP contribution in [-0.2, 0) is 6.42 Å². The molecular weight excluding hydrogens is 280 g/mol. The van der Waals surface area contributed by atoms with Crippen LogP contribution in [0.25, 0.3) is 0 Å². The van der Waals surface area contributed by atoms with Gasteiger partial charge < -0.3 is 10.6 Å². The number of nitrogen functional groups attached to an aromatic ring is 1. The third-order valence-electron chi connectivity index (χ3n) is 3.28. The molecule has 0 unspecified atom stereocenters. The predicted molar refractivity (Wildman–Crippen MR) is 80.2 cm³/mol. The second kappa shape index (κ2) is 4.87. The molecule has 1 aromatic carbocycles. The molecule has 0 spiro atoms. The lowest BCUT2D eigenvalue weighted by molar-refractivity contribution is 0.0989. The van der Waals surface area contributed by atoms with Crippen LogP contribution in [-0.4, -0.2) is 12.5 Å². The number of nitrogens with two attached hydrogens (primary N) is 1. The molecule has 0 aliphatic carbocycles. The van der Waals surface area contributed by atoms with E-state index in [1.54, 1.807) is 11.0 Å². The Bertz CT molecular complexity index is 638. The van der Waals surface area contributed by atoms with E-state index >= 15 is 0 Å². The highest BCUT2D eigenvalue weighted by Gasteiger charge is 2.25. The van der Waals surface area contributed by atoms with E-state index in [2.05, 4.69) is 0 Å². The maximum absolute atomic E-state index is 12.5. The second-order valence-electron chi connectivity index (χ2n) is 4.55. The Kier molecular flexibility index (Phi) is 3.21. The van der Waals surface area contributed by atoms with E-state index in [0.29, 0.717) is 9.90 Å². The Hall–Kier alpha value is -1.52. The molecule has 0 bridgehead atoms. The summed E-state index contributed by atoms with van der Waals surface area (Å²) in [6, 6.07) is 7.46. The minimum atomic E-state index is -0.0225. The molecule has 0 fully saturated rings. The van der Waals surface area contributed by atoms with Crippen molar-refractivity contribution in [1.29, 1.82) is 0 Å². The van der Waals surface area contributed by atoms with Crippen molar-refractivity contribution in [2.24, 2.45) is 0 Å². The molecule has 2 heterocycles. The summed E-state index contributed by atoms with van der Waals surface area (Å²) in [6.07, 6.45) is 1.91. The van der Waals surface area contributed by atoms with Crippen LogP contribution >= 0.6 is 22.9 Å². The molecule has 98 valence electrons. The van der Waals surface area contributed by atoms with Gasteiger partial charge in [-0.1, -0.05) is 11.6 Å². The molecule has 2 aromatic rings. The number of nitrogens with zero attached hydrogens (tertiary/aromatic N) is 1. The van der Waals surface area contributed by atoms with Crippen molar-refractivity contribution < 1.29 is 4.79 Å². The van der Waals surface area contributed by atoms with Gasteiger partial charge >= 0.3 is 0 Å². The Balaban J connectivity index is 2.00. The molecule has 3 rings (SSSR count). The minimum absolute atomic E-state index is 0.0225. The van der Waals surface area contributed by atoms with Gasteiger partial charge in [0.25, 0.3) is 5.91 Å². The zero-order valence-corrected chi connectivity index (χ0v) is 11.8. The Labute approximate surface area is 120 Å². The minimum Gasteiger partial charge on any atom is -0.399 e. The zero-order valence-electron chi connectivity index (χ0n) is 10.2. The van der Waals surface area contributed by atoms with E-state index in [1.165, 1.54) is 11.3 Å². The van der Waals surface area contributed by atoms with E-state index in [0.717, 1.165) is 36.3 Å². The first kappa shape index (κ1) is 12.5. The lowest BCUT2D eigenvalue weighted by Gasteiger charge is -2.29. The van der Waals surface area contributed by atoms with Crippen LogP contribution in [0, 0.1) is 0 Å². The highest BCUT2D eigenvalue weighted by Crippen LogP contribution is 2.32. The summed E-state index contributed by atoms with van der Waals surface area (Å²) < 4.78 is 0. The average Bonchev–Trinajstić information content (AvgIpc) is 2.83. The Morgan fingerprint density at radius 1 is 1.37 bits per heavy atom. The molecule has 0 saturated heterocycles. The van der Waals surface area contributed by atoms with Crippen LogP contribution in [0.3, 0.4) is 0 Å². The third-order valence-corrected chi connectivity index (χ3v) is 4.61. The lowest BCUT2D eigenvalue weighted by Crippen LogP contribution is -2.35. The first-order valence-corrected chi connectivity index (χ1v) is 7.36. The lowest BCUT2D eigenvalue weighted by atomic mass is 10.0. The predicted octanol–water partition coefficient (Wildman–Crippen LogP) is 3.58. The fourth-order valence-corrected chi connectivity index (χ4v) is 3.48. The van der Waals surface area contributed by atoms with Gasteiger partial charge in [-0.05, 0) is 48.1 Å².